The van der Waals surface area contributed by atoms with Crippen LogP contribution in [0.4, 0.5) is 0 Å². The molecule has 0 spiro atoms. The van der Waals surface area contributed by atoms with E-state index < -0.39 is 5.60 Å². The van der Waals surface area contributed by atoms with Crippen molar-refractivity contribution >= 4 is 0 Å². The third-order valence-electron chi connectivity index (χ3n) is 5.19. The van der Waals surface area contributed by atoms with Gasteiger partial charge in [0.05, 0.1) is 5.60 Å². The van der Waals surface area contributed by atoms with Crippen LogP contribution in [0.3, 0.4) is 0 Å². The monoisotopic (exact) mass is 277 g/mol. The Labute approximate surface area is 121 Å². The van der Waals surface area contributed by atoms with Gasteiger partial charge in [-0.15, -0.1) is 0 Å². The van der Waals surface area contributed by atoms with Gasteiger partial charge in [0.1, 0.15) is 0 Å². The van der Waals surface area contributed by atoms with Crippen LogP contribution < -0.4 is 0 Å². The highest BCUT2D eigenvalue weighted by molar-refractivity contribution is 5.07. The summed E-state index contributed by atoms with van der Waals surface area (Å²) in [5, 5.41) is 18.0. The van der Waals surface area contributed by atoms with Crippen LogP contribution in [0.2, 0.25) is 0 Å². The molecular formula is C16H27N3O. The lowest BCUT2D eigenvalue weighted by Crippen LogP contribution is -2.48. The summed E-state index contributed by atoms with van der Waals surface area (Å²) >= 11 is 0. The molecule has 1 aliphatic heterocycles. The Bertz CT molecular complexity index is 409. The van der Waals surface area contributed by atoms with Gasteiger partial charge in [-0.25, -0.2) is 0 Å². The minimum absolute atomic E-state index is 0.442. The summed E-state index contributed by atoms with van der Waals surface area (Å²) in [6, 6.07) is 2.09. The molecule has 0 bridgehead atoms. The first-order chi connectivity index (χ1) is 9.65. The van der Waals surface area contributed by atoms with Gasteiger partial charge < -0.3 is 5.11 Å². The van der Waals surface area contributed by atoms with Gasteiger partial charge in [-0.05, 0) is 57.1 Å². The Hall–Kier alpha value is -0.870. The zero-order valence-corrected chi connectivity index (χ0v) is 12.5. The number of likely N-dealkylation sites (tertiary alicyclic amines) is 1. The minimum atomic E-state index is -0.442. The molecule has 1 aliphatic carbocycles. The molecule has 1 aromatic heterocycles. The summed E-state index contributed by atoms with van der Waals surface area (Å²) in [4.78, 5) is 2.46. The van der Waals surface area contributed by atoms with Crippen molar-refractivity contribution in [2.75, 3.05) is 19.6 Å². The minimum Gasteiger partial charge on any atom is -0.389 e. The Balaban J connectivity index is 1.57. The first kappa shape index (κ1) is 14.1. The molecule has 2 fully saturated rings. The first-order valence-corrected chi connectivity index (χ1v) is 8.09. The van der Waals surface area contributed by atoms with Crippen LogP contribution in [0.1, 0.15) is 57.1 Å². The number of aromatic amines is 1. The number of piperidine rings is 1. The Kier molecular flexibility index (Phi) is 4.13. The van der Waals surface area contributed by atoms with Crippen LogP contribution >= 0.6 is 0 Å². The third kappa shape index (κ3) is 3.23. The van der Waals surface area contributed by atoms with Gasteiger partial charge in [-0.3, -0.25) is 10.00 Å². The second-order valence-corrected chi connectivity index (χ2v) is 6.99. The number of nitrogens with zero attached hydrogens (tertiary/aromatic N) is 2. The molecule has 1 atom stereocenters. The smallest absolute Gasteiger partial charge is 0.0774 e. The number of H-pyrrole nitrogens is 1. The lowest BCUT2D eigenvalue weighted by molar-refractivity contribution is -0.0398. The van der Waals surface area contributed by atoms with Crippen LogP contribution in [0.25, 0.3) is 0 Å². The standard InChI is InChI=1S/C16H27N3O/c1-13-4-7-16(20,8-5-13)12-19-10-2-3-14(11-19)15-6-9-17-18-15/h6,9,13-14,20H,2-5,7-8,10-12H2,1H3,(H,17,18)/t13?,14-,16?/m0/s1. The van der Waals surface area contributed by atoms with Gasteiger partial charge in [0.2, 0.25) is 0 Å². The second-order valence-electron chi connectivity index (χ2n) is 6.99. The van der Waals surface area contributed by atoms with Crippen molar-refractivity contribution in [2.45, 2.75) is 57.0 Å². The van der Waals surface area contributed by atoms with Crippen LogP contribution in [-0.2, 0) is 0 Å². The third-order valence-corrected chi connectivity index (χ3v) is 5.19. The molecule has 0 unspecified atom stereocenters. The van der Waals surface area contributed by atoms with E-state index in [1.165, 1.54) is 31.4 Å². The highest BCUT2D eigenvalue weighted by atomic mass is 16.3. The van der Waals surface area contributed by atoms with E-state index in [-0.39, 0.29) is 0 Å². The van der Waals surface area contributed by atoms with E-state index in [4.69, 9.17) is 0 Å². The van der Waals surface area contributed by atoms with Gasteiger partial charge in [-0.1, -0.05) is 6.92 Å². The molecule has 2 heterocycles. The fourth-order valence-electron chi connectivity index (χ4n) is 3.82. The molecule has 3 rings (SSSR count). The fraction of sp³-hybridized carbons (Fsp3) is 0.812. The number of hydrogen-bond donors (Lipinski definition) is 2. The maximum Gasteiger partial charge on any atom is 0.0774 e. The van der Waals surface area contributed by atoms with E-state index in [0.29, 0.717) is 5.92 Å². The maximum absolute atomic E-state index is 10.8. The molecule has 1 aromatic rings. The van der Waals surface area contributed by atoms with Crippen molar-refractivity contribution < 1.29 is 5.11 Å². The van der Waals surface area contributed by atoms with Gasteiger partial charge in [0.15, 0.2) is 0 Å². The average molecular weight is 277 g/mol. The molecule has 2 N–H and O–H groups in total. The zero-order chi connectivity index (χ0) is 14.0. The predicted molar refractivity (Wildman–Crippen MR) is 79.6 cm³/mol. The lowest BCUT2D eigenvalue weighted by Gasteiger charge is -2.41. The molecule has 20 heavy (non-hydrogen) atoms. The second kappa shape index (κ2) is 5.86. The molecule has 1 saturated heterocycles. The van der Waals surface area contributed by atoms with E-state index >= 15 is 0 Å². The molecular weight excluding hydrogens is 250 g/mol. The highest BCUT2D eigenvalue weighted by Gasteiger charge is 2.35. The molecule has 2 aliphatic rings. The number of nitrogens with one attached hydrogen (secondary N) is 1. The summed E-state index contributed by atoms with van der Waals surface area (Å²) in [7, 11) is 0. The van der Waals surface area contributed by atoms with Crippen LogP contribution in [0.15, 0.2) is 12.3 Å². The molecule has 0 amide bonds. The van der Waals surface area contributed by atoms with Crippen LogP contribution in [-0.4, -0.2) is 45.4 Å². The highest BCUT2D eigenvalue weighted by Crippen LogP contribution is 2.34. The summed E-state index contributed by atoms with van der Waals surface area (Å²) in [5.41, 5.74) is 0.807. The lowest BCUT2D eigenvalue weighted by atomic mass is 9.79. The number of aromatic nitrogens is 2. The van der Waals surface area contributed by atoms with E-state index in [1.807, 2.05) is 6.20 Å². The normalized spacial score (nSPS) is 36.1. The van der Waals surface area contributed by atoms with E-state index in [2.05, 4.69) is 28.1 Å². The van der Waals surface area contributed by atoms with Crippen molar-refractivity contribution in [1.29, 1.82) is 0 Å². The topological polar surface area (TPSA) is 52.1 Å². The SMILES string of the molecule is CC1CCC(O)(CN2CCC[C@H](c3ccn[nH]3)C2)CC1. The molecule has 1 saturated carbocycles. The van der Waals surface area contributed by atoms with Gasteiger partial charge in [0, 0.05) is 30.9 Å². The van der Waals surface area contributed by atoms with E-state index in [1.54, 1.807) is 0 Å². The molecule has 0 aromatic carbocycles. The van der Waals surface area contributed by atoms with Gasteiger partial charge in [0.25, 0.3) is 0 Å². The maximum atomic E-state index is 10.8. The number of hydrogen-bond acceptors (Lipinski definition) is 3. The van der Waals surface area contributed by atoms with E-state index in [9.17, 15) is 5.11 Å². The predicted octanol–water partition coefficient (Wildman–Crippen LogP) is 2.53. The summed E-state index contributed by atoms with van der Waals surface area (Å²) in [6.45, 7) is 5.33. The Morgan fingerprint density at radius 2 is 2.20 bits per heavy atom. The molecule has 0 radical (unpaired) electrons. The fourth-order valence-corrected chi connectivity index (χ4v) is 3.82. The summed E-state index contributed by atoms with van der Waals surface area (Å²) in [6.07, 6.45) is 8.58. The summed E-state index contributed by atoms with van der Waals surface area (Å²) < 4.78 is 0. The van der Waals surface area contributed by atoms with E-state index in [0.717, 1.165) is 38.4 Å². The number of aliphatic hydroxyl groups is 1. The van der Waals surface area contributed by atoms with Gasteiger partial charge in [-0.2, -0.15) is 5.10 Å². The number of β-amino-alcohol motifs (C(OH)–C–C–N with tert-alkyl or cyclic N) is 1. The number of rotatable bonds is 3. The molecule has 4 heteroatoms. The van der Waals surface area contributed by atoms with Crippen LogP contribution in [0.5, 0.6) is 0 Å². The zero-order valence-electron chi connectivity index (χ0n) is 12.5. The summed E-state index contributed by atoms with van der Waals surface area (Å²) in [5.74, 6) is 1.34. The first-order valence-electron chi connectivity index (χ1n) is 8.09. The van der Waals surface area contributed by atoms with Crippen LogP contribution in [0, 0.1) is 5.92 Å². The van der Waals surface area contributed by atoms with Crippen molar-refractivity contribution in [3.63, 3.8) is 0 Å². The largest absolute Gasteiger partial charge is 0.389 e. The quantitative estimate of drug-likeness (QED) is 0.892. The molecule has 4 nitrogen and oxygen atoms in total. The Morgan fingerprint density at radius 1 is 1.40 bits per heavy atom. The van der Waals surface area contributed by atoms with Crippen molar-refractivity contribution in [1.82, 2.24) is 15.1 Å². The van der Waals surface area contributed by atoms with Crippen molar-refractivity contribution in [3.8, 4) is 0 Å². The Morgan fingerprint density at radius 3 is 2.90 bits per heavy atom. The molecule has 112 valence electrons. The average Bonchev–Trinajstić information content (AvgIpc) is 2.97. The van der Waals surface area contributed by atoms with Crippen molar-refractivity contribution in [3.05, 3.63) is 18.0 Å². The van der Waals surface area contributed by atoms with Gasteiger partial charge >= 0.3 is 0 Å². The van der Waals surface area contributed by atoms with Crippen molar-refractivity contribution in [2.24, 2.45) is 5.92 Å².